The summed E-state index contributed by atoms with van der Waals surface area (Å²) >= 11 is 0. The molecule has 0 bridgehead atoms. The summed E-state index contributed by atoms with van der Waals surface area (Å²) in [7, 11) is 0. The molecule has 0 aromatic heterocycles. The third kappa shape index (κ3) is 4.77. The summed E-state index contributed by atoms with van der Waals surface area (Å²) in [6, 6.07) is 14.2. The van der Waals surface area contributed by atoms with E-state index in [4.69, 9.17) is 10.5 Å². The van der Waals surface area contributed by atoms with Crippen LogP contribution < -0.4 is 5.73 Å². The van der Waals surface area contributed by atoms with E-state index < -0.39 is 0 Å². The minimum absolute atomic E-state index is 0. The normalized spacial score (nSPS) is 15.3. The molecule has 2 N–H and O–H groups in total. The van der Waals surface area contributed by atoms with Crippen molar-refractivity contribution in [1.82, 2.24) is 4.90 Å². The molecule has 1 aliphatic heterocycles. The number of halogens is 1. The van der Waals surface area contributed by atoms with Gasteiger partial charge in [0.1, 0.15) is 6.10 Å². The number of nitrogens with zero attached hydrogens (tertiary/aromatic N) is 1. The third-order valence-electron chi connectivity index (χ3n) is 5.06. The molecule has 2 aromatic rings. The van der Waals surface area contributed by atoms with Crippen LogP contribution in [0.15, 0.2) is 42.5 Å². The standard InChI is InChI=1S/C21H26N2O2.ClH/c1-15-8-9-19(20(22)16(15)2)21(24)25-18-10-12-23(13-11-18)14-17-6-4-3-5-7-17;/h3-9,18H,10-14,22H2,1-2H3;1H. The Morgan fingerprint density at radius 3 is 2.42 bits per heavy atom. The Labute approximate surface area is 161 Å². The van der Waals surface area contributed by atoms with E-state index in [0.29, 0.717) is 11.3 Å². The molecule has 0 atom stereocenters. The summed E-state index contributed by atoms with van der Waals surface area (Å²) < 4.78 is 5.71. The van der Waals surface area contributed by atoms with Gasteiger partial charge in [0, 0.05) is 25.3 Å². The van der Waals surface area contributed by atoms with Gasteiger partial charge in [-0.05, 0) is 49.4 Å². The van der Waals surface area contributed by atoms with E-state index in [1.54, 1.807) is 6.07 Å². The highest BCUT2D eigenvalue weighted by Gasteiger charge is 2.24. The number of hydrogen-bond donors (Lipinski definition) is 1. The highest BCUT2D eigenvalue weighted by atomic mass is 35.5. The molecule has 4 nitrogen and oxygen atoms in total. The van der Waals surface area contributed by atoms with Crippen LogP contribution in [-0.4, -0.2) is 30.1 Å². The van der Waals surface area contributed by atoms with Gasteiger partial charge in [-0.25, -0.2) is 4.79 Å². The lowest BCUT2D eigenvalue weighted by Crippen LogP contribution is -2.37. The molecule has 26 heavy (non-hydrogen) atoms. The van der Waals surface area contributed by atoms with E-state index >= 15 is 0 Å². The van der Waals surface area contributed by atoms with Gasteiger partial charge in [-0.15, -0.1) is 12.4 Å². The van der Waals surface area contributed by atoms with E-state index in [9.17, 15) is 4.79 Å². The molecule has 1 saturated heterocycles. The van der Waals surface area contributed by atoms with Gasteiger partial charge in [0.15, 0.2) is 0 Å². The Kier molecular flexibility index (Phi) is 7.06. The Morgan fingerprint density at radius 1 is 1.12 bits per heavy atom. The summed E-state index contributed by atoms with van der Waals surface area (Å²) in [6.07, 6.45) is 1.70. The largest absolute Gasteiger partial charge is 0.459 e. The average molecular weight is 375 g/mol. The van der Waals surface area contributed by atoms with Crippen molar-refractivity contribution in [2.75, 3.05) is 18.8 Å². The lowest BCUT2D eigenvalue weighted by molar-refractivity contribution is 0.0105. The fraction of sp³-hybridized carbons (Fsp3) is 0.381. The number of piperidine rings is 1. The molecule has 1 heterocycles. The zero-order chi connectivity index (χ0) is 17.8. The Hall–Kier alpha value is -2.04. The Bertz CT molecular complexity index is 741. The van der Waals surface area contributed by atoms with Crippen LogP contribution in [0, 0.1) is 13.8 Å². The number of esters is 1. The van der Waals surface area contributed by atoms with Crippen molar-refractivity contribution in [3.63, 3.8) is 0 Å². The molecule has 140 valence electrons. The van der Waals surface area contributed by atoms with Crippen LogP contribution in [0.3, 0.4) is 0 Å². The number of carbonyl (C=O) groups excluding carboxylic acids is 1. The maximum absolute atomic E-state index is 12.5. The Morgan fingerprint density at radius 2 is 1.77 bits per heavy atom. The van der Waals surface area contributed by atoms with Gasteiger partial charge in [0.05, 0.1) is 5.56 Å². The van der Waals surface area contributed by atoms with E-state index in [2.05, 4.69) is 29.2 Å². The number of anilines is 1. The van der Waals surface area contributed by atoms with Crippen LogP contribution >= 0.6 is 12.4 Å². The highest BCUT2D eigenvalue weighted by molar-refractivity contribution is 5.96. The van der Waals surface area contributed by atoms with E-state index in [-0.39, 0.29) is 24.5 Å². The van der Waals surface area contributed by atoms with Crippen LogP contribution in [0.25, 0.3) is 0 Å². The molecule has 0 saturated carbocycles. The molecular formula is C21H27ClN2O2. The monoisotopic (exact) mass is 374 g/mol. The SMILES string of the molecule is Cc1ccc(C(=O)OC2CCN(Cc3ccccc3)CC2)c(N)c1C.Cl. The zero-order valence-corrected chi connectivity index (χ0v) is 16.2. The van der Waals surface area contributed by atoms with Crippen molar-refractivity contribution in [3.8, 4) is 0 Å². The molecule has 0 aliphatic carbocycles. The predicted molar refractivity (Wildman–Crippen MR) is 108 cm³/mol. The maximum Gasteiger partial charge on any atom is 0.340 e. The van der Waals surface area contributed by atoms with E-state index in [0.717, 1.165) is 43.6 Å². The van der Waals surface area contributed by atoms with Crippen molar-refractivity contribution >= 4 is 24.1 Å². The van der Waals surface area contributed by atoms with Gasteiger partial charge in [-0.3, -0.25) is 4.90 Å². The summed E-state index contributed by atoms with van der Waals surface area (Å²) in [6.45, 7) is 6.75. The van der Waals surface area contributed by atoms with E-state index in [1.165, 1.54) is 5.56 Å². The molecule has 5 heteroatoms. The highest BCUT2D eigenvalue weighted by Crippen LogP contribution is 2.23. The fourth-order valence-electron chi connectivity index (χ4n) is 3.26. The van der Waals surface area contributed by atoms with Crippen molar-refractivity contribution in [3.05, 3.63) is 64.7 Å². The number of nitrogen functional groups attached to an aromatic ring is 1. The molecular weight excluding hydrogens is 348 g/mol. The van der Waals surface area contributed by atoms with Crippen molar-refractivity contribution in [1.29, 1.82) is 0 Å². The van der Waals surface area contributed by atoms with Crippen LogP contribution in [0.5, 0.6) is 0 Å². The molecule has 0 unspecified atom stereocenters. The summed E-state index contributed by atoms with van der Waals surface area (Å²) in [5.41, 5.74) is 10.5. The number of hydrogen-bond acceptors (Lipinski definition) is 4. The number of nitrogens with two attached hydrogens (primary N) is 1. The first kappa shape index (κ1) is 20.3. The second kappa shape index (κ2) is 9.06. The van der Waals surface area contributed by atoms with Crippen molar-refractivity contribution in [2.45, 2.75) is 39.3 Å². The molecule has 2 aromatic carbocycles. The molecule has 3 rings (SSSR count). The van der Waals surface area contributed by atoms with Crippen LogP contribution in [0.1, 0.15) is 39.9 Å². The number of benzene rings is 2. The van der Waals surface area contributed by atoms with E-state index in [1.807, 2.05) is 26.0 Å². The predicted octanol–water partition coefficient (Wildman–Crippen LogP) is 4.13. The second-order valence-electron chi connectivity index (χ2n) is 6.84. The first-order valence-corrected chi connectivity index (χ1v) is 8.87. The number of likely N-dealkylation sites (tertiary alicyclic amines) is 1. The number of ether oxygens (including phenoxy) is 1. The van der Waals surface area contributed by atoms with Gasteiger partial charge in [0.2, 0.25) is 0 Å². The summed E-state index contributed by atoms with van der Waals surface area (Å²) in [5, 5.41) is 0. The molecule has 1 aliphatic rings. The second-order valence-corrected chi connectivity index (χ2v) is 6.84. The minimum Gasteiger partial charge on any atom is -0.459 e. The maximum atomic E-state index is 12.5. The number of rotatable bonds is 4. The molecule has 0 spiro atoms. The zero-order valence-electron chi connectivity index (χ0n) is 15.4. The van der Waals surface area contributed by atoms with Gasteiger partial charge >= 0.3 is 5.97 Å². The van der Waals surface area contributed by atoms with Gasteiger partial charge in [-0.2, -0.15) is 0 Å². The van der Waals surface area contributed by atoms with Crippen LogP contribution in [0.2, 0.25) is 0 Å². The number of aryl methyl sites for hydroxylation is 1. The number of carbonyl (C=O) groups is 1. The first-order chi connectivity index (χ1) is 12.0. The van der Waals surface area contributed by atoms with Crippen molar-refractivity contribution in [2.24, 2.45) is 0 Å². The van der Waals surface area contributed by atoms with Gasteiger partial charge in [-0.1, -0.05) is 36.4 Å². The molecule has 0 amide bonds. The first-order valence-electron chi connectivity index (χ1n) is 8.87. The minimum atomic E-state index is -0.304. The molecule has 0 radical (unpaired) electrons. The van der Waals surface area contributed by atoms with Crippen molar-refractivity contribution < 1.29 is 9.53 Å². The lowest BCUT2D eigenvalue weighted by Gasteiger charge is -2.31. The third-order valence-corrected chi connectivity index (χ3v) is 5.06. The summed E-state index contributed by atoms with van der Waals surface area (Å²) in [4.78, 5) is 14.9. The smallest absolute Gasteiger partial charge is 0.340 e. The summed E-state index contributed by atoms with van der Waals surface area (Å²) in [5.74, 6) is -0.304. The topological polar surface area (TPSA) is 55.6 Å². The molecule has 1 fully saturated rings. The Balaban J connectivity index is 0.00000243. The fourth-order valence-corrected chi connectivity index (χ4v) is 3.26. The van der Waals surface area contributed by atoms with Gasteiger partial charge < -0.3 is 10.5 Å². The van der Waals surface area contributed by atoms with Gasteiger partial charge in [0.25, 0.3) is 0 Å². The quantitative estimate of drug-likeness (QED) is 0.645. The lowest BCUT2D eigenvalue weighted by atomic mass is 10.0. The van der Waals surface area contributed by atoms with Crippen LogP contribution in [0.4, 0.5) is 5.69 Å². The van der Waals surface area contributed by atoms with Crippen LogP contribution in [-0.2, 0) is 11.3 Å². The average Bonchev–Trinajstić information content (AvgIpc) is 2.62.